The van der Waals surface area contributed by atoms with E-state index in [2.05, 4.69) is 27.9 Å². The fourth-order valence-corrected chi connectivity index (χ4v) is 4.08. The Labute approximate surface area is 130 Å². The van der Waals surface area contributed by atoms with E-state index >= 15 is 0 Å². The normalized spacial score (nSPS) is 21.3. The van der Waals surface area contributed by atoms with Gasteiger partial charge in [-0.25, -0.2) is 0 Å². The molecule has 2 aromatic heterocycles. The Hall–Kier alpha value is -1.94. The van der Waals surface area contributed by atoms with E-state index in [0.717, 1.165) is 31.5 Å². The van der Waals surface area contributed by atoms with Gasteiger partial charge in [0.25, 0.3) is 0 Å². The Bertz CT molecular complexity index is 659. The van der Waals surface area contributed by atoms with E-state index in [0.29, 0.717) is 11.3 Å². The van der Waals surface area contributed by atoms with Crippen LogP contribution in [-0.2, 0) is 0 Å². The summed E-state index contributed by atoms with van der Waals surface area (Å²) in [6, 6.07) is 5.92. The molecule has 0 unspecified atom stereocenters. The second-order valence-electron chi connectivity index (χ2n) is 6.92. The van der Waals surface area contributed by atoms with Gasteiger partial charge in [-0.3, -0.25) is 9.97 Å². The summed E-state index contributed by atoms with van der Waals surface area (Å²) in [6.45, 7) is 4.32. The minimum Gasteiger partial charge on any atom is -0.388 e. The summed E-state index contributed by atoms with van der Waals surface area (Å²) in [4.78, 5) is 10.7. The molecule has 0 radical (unpaired) electrons. The zero-order valence-electron chi connectivity index (χ0n) is 12.8. The highest BCUT2D eigenvalue weighted by Crippen LogP contribution is 2.56. The predicted molar refractivity (Wildman–Crippen MR) is 85.5 cm³/mol. The van der Waals surface area contributed by atoms with E-state index in [-0.39, 0.29) is 6.10 Å². The molecule has 4 heteroatoms. The minimum atomic E-state index is -0.367. The lowest BCUT2D eigenvalue weighted by molar-refractivity contribution is -0.0510. The molecule has 0 amide bonds. The van der Waals surface area contributed by atoms with E-state index in [4.69, 9.17) is 0 Å². The van der Waals surface area contributed by atoms with Crippen molar-refractivity contribution in [1.29, 1.82) is 0 Å². The summed E-state index contributed by atoms with van der Waals surface area (Å²) < 4.78 is 0. The van der Waals surface area contributed by atoms with Crippen molar-refractivity contribution in [1.82, 2.24) is 9.97 Å². The van der Waals surface area contributed by atoms with E-state index in [1.54, 1.807) is 12.4 Å². The van der Waals surface area contributed by atoms with Gasteiger partial charge in [-0.05, 0) is 48.9 Å². The second-order valence-corrected chi connectivity index (χ2v) is 6.92. The van der Waals surface area contributed by atoms with Crippen molar-refractivity contribution in [3.63, 3.8) is 0 Å². The third-order valence-electron chi connectivity index (χ3n) is 5.27. The molecule has 4 rings (SSSR count). The first-order valence-corrected chi connectivity index (χ1v) is 7.90. The topological polar surface area (TPSA) is 49.2 Å². The lowest BCUT2D eigenvalue weighted by atomic mass is 9.55. The summed E-state index contributed by atoms with van der Waals surface area (Å²) in [6.07, 6.45) is 9.19. The molecule has 3 heterocycles. The average molecular weight is 295 g/mol. The fourth-order valence-electron chi connectivity index (χ4n) is 4.08. The van der Waals surface area contributed by atoms with Crippen LogP contribution in [-0.4, -0.2) is 28.2 Å². The molecule has 2 aliphatic rings. The van der Waals surface area contributed by atoms with Crippen LogP contribution in [0.1, 0.15) is 30.1 Å². The number of hydrogen-bond donors (Lipinski definition) is 1. The largest absolute Gasteiger partial charge is 0.388 e. The molecular formula is C18H21N3O. The maximum absolute atomic E-state index is 10.5. The third kappa shape index (κ3) is 2.18. The molecule has 1 aliphatic carbocycles. The van der Waals surface area contributed by atoms with E-state index < -0.39 is 0 Å². The van der Waals surface area contributed by atoms with Gasteiger partial charge in [0.1, 0.15) is 0 Å². The van der Waals surface area contributed by atoms with Crippen LogP contribution in [0.3, 0.4) is 0 Å². The minimum absolute atomic E-state index is 0.367. The highest BCUT2D eigenvalue weighted by molar-refractivity contribution is 5.54. The molecule has 0 bridgehead atoms. The van der Waals surface area contributed by atoms with Crippen LogP contribution in [0, 0.1) is 18.3 Å². The van der Waals surface area contributed by atoms with Crippen LogP contribution in [0.2, 0.25) is 0 Å². The molecule has 114 valence electrons. The first-order valence-electron chi connectivity index (χ1n) is 7.90. The van der Waals surface area contributed by atoms with Crippen molar-refractivity contribution in [2.24, 2.45) is 11.3 Å². The van der Waals surface area contributed by atoms with Crippen LogP contribution in [0.4, 0.5) is 5.69 Å². The van der Waals surface area contributed by atoms with Gasteiger partial charge in [0.2, 0.25) is 0 Å². The summed E-state index contributed by atoms with van der Waals surface area (Å²) >= 11 is 0. The molecule has 0 aromatic carbocycles. The smallest absolute Gasteiger partial charge is 0.0833 e. The SMILES string of the molecule is Cc1ccncc1N1CC2(CC([C@H](O)c3cccnc3)C2)C1. The summed E-state index contributed by atoms with van der Waals surface area (Å²) in [5.41, 5.74) is 3.90. The van der Waals surface area contributed by atoms with Crippen molar-refractivity contribution in [3.05, 3.63) is 54.1 Å². The van der Waals surface area contributed by atoms with Crippen molar-refractivity contribution in [3.8, 4) is 0 Å². The number of aryl methyl sites for hydroxylation is 1. The van der Waals surface area contributed by atoms with Crippen molar-refractivity contribution < 1.29 is 5.11 Å². The maximum atomic E-state index is 10.5. The van der Waals surface area contributed by atoms with E-state index in [1.165, 1.54) is 11.3 Å². The molecule has 22 heavy (non-hydrogen) atoms. The monoisotopic (exact) mass is 295 g/mol. The first kappa shape index (κ1) is 13.7. The van der Waals surface area contributed by atoms with E-state index in [9.17, 15) is 5.11 Å². The number of pyridine rings is 2. The zero-order chi connectivity index (χ0) is 15.2. The van der Waals surface area contributed by atoms with Gasteiger partial charge >= 0.3 is 0 Å². The molecule has 2 fully saturated rings. The number of nitrogens with zero attached hydrogens (tertiary/aromatic N) is 3. The number of rotatable bonds is 3. The highest BCUT2D eigenvalue weighted by Gasteiger charge is 2.54. The number of hydrogen-bond acceptors (Lipinski definition) is 4. The Morgan fingerprint density at radius 2 is 1.95 bits per heavy atom. The van der Waals surface area contributed by atoms with Crippen LogP contribution in [0.15, 0.2) is 43.0 Å². The quantitative estimate of drug-likeness (QED) is 0.946. The second kappa shape index (κ2) is 5.06. The van der Waals surface area contributed by atoms with Crippen LogP contribution in [0.5, 0.6) is 0 Å². The fraction of sp³-hybridized carbons (Fsp3) is 0.444. The molecule has 4 nitrogen and oxygen atoms in total. The maximum Gasteiger partial charge on any atom is 0.0833 e. The van der Waals surface area contributed by atoms with Gasteiger partial charge < -0.3 is 10.0 Å². The molecule has 2 aromatic rings. The van der Waals surface area contributed by atoms with E-state index in [1.807, 2.05) is 24.5 Å². The molecule has 1 atom stereocenters. The zero-order valence-corrected chi connectivity index (χ0v) is 12.8. The van der Waals surface area contributed by atoms with Crippen molar-refractivity contribution >= 4 is 5.69 Å². The summed E-state index contributed by atoms with van der Waals surface area (Å²) in [5.74, 6) is 0.376. The average Bonchev–Trinajstić information content (AvgIpc) is 2.47. The van der Waals surface area contributed by atoms with Crippen LogP contribution < -0.4 is 4.90 Å². The highest BCUT2D eigenvalue weighted by atomic mass is 16.3. The lowest BCUT2D eigenvalue weighted by Gasteiger charge is -2.61. The molecule has 1 N–H and O–H groups in total. The van der Waals surface area contributed by atoms with Crippen LogP contribution >= 0.6 is 0 Å². The van der Waals surface area contributed by atoms with Crippen molar-refractivity contribution in [2.75, 3.05) is 18.0 Å². The number of aromatic nitrogens is 2. The lowest BCUT2D eigenvalue weighted by Crippen LogP contribution is -2.63. The van der Waals surface area contributed by atoms with Gasteiger partial charge in [-0.1, -0.05) is 6.07 Å². The molecule has 1 aliphatic heterocycles. The van der Waals surface area contributed by atoms with Gasteiger partial charge in [0.05, 0.1) is 18.0 Å². The summed E-state index contributed by atoms with van der Waals surface area (Å²) in [5, 5.41) is 10.5. The van der Waals surface area contributed by atoms with Gasteiger partial charge in [-0.15, -0.1) is 0 Å². The summed E-state index contributed by atoms with van der Waals surface area (Å²) in [7, 11) is 0. The Morgan fingerprint density at radius 1 is 1.18 bits per heavy atom. The number of anilines is 1. The Kier molecular flexibility index (Phi) is 3.15. The first-order chi connectivity index (χ1) is 10.7. The van der Waals surface area contributed by atoms with Crippen LogP contribution in [0.25, 0.3) is 0 Å². The van der Waals surface area contributed by atoms with Gasteiger partial charge in [0, 0.05) is 37.1 Å². The molecule has 1 spiro atoms. The van der Waals surface area contributed by atoms with Crippen molar-refractivity contribution in [2.45, 2.75) is 25.9 Å². The van der Waals surface area contributed by atoms with Gasteiger partial charge in [0.15, 0.2) is 0 Å². The number of aliphatic hydroxyl groups is 1. The Balaban J connectivity index is 1.36. The molecular weight excluding hydrogens is 274 g/mol. The van der Waals surface area contributed by atoms with Gasteiger partial charge in [-0.2, -0.15) is 0 Å². The third-order valence-corrected chi connectivity index (χ3v) is 5.27. The molecule has 1 saturated heterocycles. The predicted octanol–water partition coefficient (Wildman–Crippen LogP) is 2.74. The molecule has 1 saturated carbocycles. The standard InChI is InChI=1S/C18H21N3O/c1-13-4-6-20-10-16(13)21-11-18(12-21)7-15(8-18)17(22)14-3-2-5-19-9-14/h2-6,9-10,15,17,22H,7-8,11-12H2,1H3/t17-/m1/s1. The number of aliphatic hydroxyl groups excluding tert-OH is 1. The Morgan fingerprint density at radius 3 is 2.64 bits per heavy atom.